The van der Waals surface area contributed by atoms with Gasteiger partial charge in [-0.15, -0.1) is 0 Å². The molecule has 112 valence electrons. The molecule has 1 saturated carbocycles. The van der Waals surface area contributed by atoms with Gasteiger partial charge in [-0.05, 0) is 31.0 Å². The first kappa shape index (κ1) is 15.4. The van der Waals surface area contributed by atoms with Crippen molar-refractivity contribution in [2.75, 3.05) is 19.6 Å². The van der Waals surface area contributed by atoms with Gasteiger partial charge < -0.3 is 5.73 Å². The Balaban J connectivity index is 1.89. The molecule has 2 rings (SSSR count). The maximum Gasteiger partial charge on any atom is 0.258 e. The average molecular weight is 298 g/mol. The van der Waals surface area contributed by atoms with Gasteiger partial charge in [0.25, 0.3) is 10.0 Å². The van der Waals surface area contributed by atoms with E-state index in [-0.39, 0.29) is 5.03 Å². The standard InChI is InChI=1S/C13H22N4O2S/c1-2-17(12-4-5-12)8-7-16-20(18,19)13-6-3-11(9-14)10-15-13/h3,6,10,12,16H,2,4-5,7-9,14H2,1H3. The van der Waals surface area contributed by atoms with Gasteiger partial charge in [0.05, 0.1) is 0 Å². The summed E-state index contributed by atoms with van der Waals surface area (Å²) in [6.45, 7) is 4.55. The fourth-order valence-corrected chi connectivity index (χ4v) is 3.07. The predicted molar refractivity (Wildman–Crippen MR) is 77.6 cm³/mol. The molecule has 3 N–H and O–H groups in total. The fraction of sp³-hybridized carbons (Fsp3) is 0.615. The molecule has 1 fully saturated rings. The van der Waals surface area contributed by atoms with Crippen LogP contribution in [-0.2, 0) is 16.6 Å². The van der Waals surface area contributed by atoms with Crippen LogP contribution in [0.3, 0.4) is 0 Å². The van der Waals surface area contributed by atoms with Crippen molar-refractivity contribution in [2.45, 2.75) is 37.4 Å². The maximum atomic E-state index is 12.1. The summed E-state index contributed by atoms with van der Waals surface area (Å²) in [5.41, 5.74) is 6.28. The SMILES string of the molecule is CCN(CCNS(=O)(=O)c1ccc(CN)cn1)C1CC1. The van der Waals surface area contributed by atoms with E-state index in [1.807, 2.05) is 0 Å². The molecule has 7 heteroatoms. The normalized spacial score (nSPS) is 15.8. The zero-order valence-electron chi connectivity index (χ0n) is 11.7. The van der Waals surface area contributed by atoms with Crippen LogP contribution in [0.2, 0.25) is 0 Å². The topological polar surface area (TPSA) is 88.3 Å². The summed E-state index contributed by atoms with van der Waals surface area (Å²) in [5, 5.41) is 0.0455. The van der Waals surface area contributed by atoms with Gasteiger partial charge in [-0.2, -0.15) is 0 Å². The van der Waals surface area contributed by atoms with Gasteiger partial charge in [0.15, 0.2) is 5.03 Å². The number of hydrogen-bond acceptors (Lipinski definition) is 5. The van der Waals surface area contributed by atoms with E-state index >= 15 is 0 Å². The Bertz CT molecular complexity index is 526. The third-order valence-corrected chi connectivity index (χ3v) is 4.85. The lowest BCUT2D eigenvalue weighted by Crippen LogP contribution is -2.36. The van der Waals surface area contributed by atoms with Gasteiger partial charge in [0, 0.05) is 31.9 Å². The van der Waals surface area contributed by atoms with E-state index in [0.29, 0.717) is 19.1 Å². The Morgan fingerprint density at radius 3 is 2.70 bits per heavy atom. The van der Waals surface area contributed by atoms with Crippen molar-refractivity contribution in [3.8, 4) is 0 Å². The fourth-order valence-electron chi connectivity index (χ4n) is 2.13. The van der Waals surface area contributed by atoms with Crippen molar-refractivity contribution in [2.24, 2.45) is 5.73 Å². The summed E-state index contributed by atoms with van der Waals surface area (Å²) in [6, 6.07) is 3.82. The molecule has 6 nitrogen and oxygen atoms in total. The van der Waals surface area contributed by atoms with Gasteiger partial charge in [-0.3, -0.25) is 4.90 Å². The van der Waals surface area contributed by atoms with E-state index < -0.39 is 10.0 Å². The number of hydrogen-bond donors (Lipinski definition) is 2. The lowest BCUT2D eigenvalue weighted by atomic mass is 10.3. The van der Waals surface area contributed by atoms with Crippen LogP contribution < -0.4 is 10.5 Å². The first-order valence-corrected chi connectivity index (χ1v) is 8.44. The largest absolute Gasteiger partial charge is 0.326 e. The van der Waals surface area contributed by atoms with Crippen LogP contribution in [0, 0.1) is 0 Å². The summed E-state index contributed by atoms with van der Waals surface area (Å²) in [5.74, 6) is 0. The lowest BCUT2D eigenvalue weighted by Gasteiger charge is -2.19. The number of pyridine rings is 1. The molecular weight excluding hydrogens is 276 g/mol. The maximum absolute atomic E-state index is 12.1. The van der Waals surface area contributed by atoms with Gasteiger partial charge >= 0.3 is 0 Å². The third-order valence-electron chi connectivity index (χ3n) is 3.47. The summed E-state index contributed by atoms with van der Waals surface area (Å²) < 4.78 is 26.7. The molecule has 0 unspecified atom stereocenters. The molecule has 0 radical (unpaired) electrons. The molecule has 0 saturated heterocycles. The molecule has 1 aromatic rings. The number of nitrogens with one attached hydrogen (secondary N) is 1. The molecule has 0 aliphatic heterocycles. The Morgan fingerprint density at radius 1 is 1.45 bits per heavy atom. The van der Waals surface area contributed by atoms with E-state index in [1.54, 1.807) is 6.07 Å². The Hall–Kier alpha value is -1.02. The highest BCUT2D eigenvalue weighted by molar-refractivity contribution is 7.89. The van der Waals surface area contributed by atoms with E-state index in [2.05, 4.69) is 21.5 Å². The molecule has 1 aliphatic rings. The number of aromatic nitrogens is 1. The van der Waals surface area contributed by atoms with E-state index in [9.17, 15) is 8.42 Å². The minimum absolute atomic E-state index is 0.0455. The molecule has 1 aromatic heterocycles. The molecule has 1 aliphatic carbocycles. The predicted octanol–water partition coefficient (Wildman–Crippen LogP) is 0.303. The molecule has 1 heterocycles. The number of sulfonamides is 1. The molecule has 0 spiro atoms. The minimum atomic E-state index is -3.52. The minimum Gasteiger partial charge on any atom is -0.326 e. The molecule has 0 bridgehead atoms. The van der Waals surface area contributed by atoms with Crippen LogP contribution in [0.5, 0.6) is 0 Å². The molecular formula is C13H22N4O2S. The number of nitrogens with two attached hydrogens (primary N) is 1. The van der Waals surface area contributed by atoms with Crippen molar-refractivity contribution in [1.82, 2.24) is 14.6 Å². The molecule has 0 aromatic carbocycles. The Labute approximate surface area is 120 Å². The number of likely N-dealkylation sites (N-methyl/N-ethyl adjacent to an activating group) is 1. The second-order valence-corrected chi connectivity index (χ2v) is 6.68. The second kappa shape index (κ2) is 6.62. The van der Waals surface area contributed by atoms with Crippen molar-refractivity contribution in [1.29, 1.82) is 0 Å². The highest BCUT2D eigenvalue weighted by Crippen LogP contribution is 2.25. The third kappa shape index (κ3) is 3.99. The zero-order valence-corrected chi connectivity index (χ0v) is 12.6. The Morgan fingerprint density at radius 2 is 2.20 bits per heavy atom. The van der Waals surface area contributed by atoms with Gasteiger partial charge in [0.1, 0.15) is 0 Å². The van der Waals surface area contributed by atoms with Crippen LogP contribution >= 0.6 is 0 Å². The quantitative estimate of drug-likeness (QED) is 0.721. The monoisotopic (exact) mass is 298 g/mol. The van der Waals surface area contributed by atoms with Crippen molar-refractivity contribution >= 4 is 10.0 Å². The van der Waals surface area contributed by atoms with Crippen LogP contribution in [0.4, 0.5) is 0 Å². The molecule has 0 amide bonds. The summed E-state index contributed by atoms with van der Waals surface area (Å²) >= 11 is 0. The number of rotatable bonds is 8. The summed E-state index contributed by atoms with van der Waals surface area (Å²) in [6.07, 6.45) is 3.95. The van der Waals surface area contributed by atoms with Gasteiger partial charge in [0.2, 0.25) is 0 Å². The highest BCUT2D eigenvalue weighted by Gasteiger charge is 2.27. The van der Waals surface area contributed by atoms with Crippen LogP contribution in [0.15, 0.2) is 23.4 Å². The molecule has 20 heavy (non-hydrogen) atoms. The average Bonchev–Trinajstić information content (AvgIpc) is 3.28. The second-order valence-electron chi connectivity index (χ2n) is 4.97. The first-order chi connectivity index (χ1) is 9.56. The van der Waals surface area contributed by atoms with Gasteiger partial charge in [-0.1, -0.05) is 13.0 Å². The Kier molecular flexibility index (Phi) is 5.09. The molecule has 0 atom stereocenters. The number of nitrogens with zero attached hydrogens (tertiary/aromatic N) is 2. The summed E-state index contributed by atoms with van der Waals surface area (Å²) in [7, 11) is -3.52. The van der Waals surface area contributed by atoms with Crippen LogP contribution in [0.25, 0.3) is 0 Å². The van der Waals surface area contributed by atoms with Crippen molar-refractivity contribution in [3.05, 3.63) is 23.9 Å². The van der Waals surface area contributed by atoms with Crippen molar-refractivity contribution < 1.29 is 8.42 Å². The highest BCUT2D eigenvalue weighted by atomic mass is 32.2. The lowest BCUT2D eigenvalue weighted by molar-refractivity contribution is 0.282. The summed E-state index contributed by atoms with van der Waals surface area (Å²) in [4.78, 5) is 6.24. The van der Waals surface area contributed by atoms with Gasteiger partial charge in [-0.25, -0.2) is 18.1 Å². The van der Waals surface area contributed by atoms with Crippen molar-refractivity contribution in [3.63, 3.8) is 0 Å². The van der Waals surface area contributed by atoms with E-state index in [1.165, 1.54) is 25.1 Å². The zero-order chi connectivity index (χ0) is 14.6. The van der Waals surface area contributed by atoms with Crippen LogP contribution in [-0.4, -0.2) is 44.0 Å². The van der Waals surface area contributed by atoms with Crippen LogP contribution in [0.1, 0.15) is 25.3 Å². The van der Waals surface area contributed by atoms with E-state index in [0.717, 1.165) is 18.7 Å². The smallest absolute Gasteiger partial charge is 0.258 e. The van der Waals surface area contributed by atoms with E-state index in [4.69, 9.17) is 5.73 Å². The first-order valence-electron chi connectivity index (χ1n) is 6.95.